The first-order valence-electron chi connectivity index (χ1n) is 8.94. The molecule has 0 aliphatic rings. The number of carbonyl (C=O) groups excluding carboxylic acids is 1. The molecule has 0 aliphatic heterocycles. The Morgan fingerprint density at radius 1 is 1.07 bits per heavy atom. The molecule has 3 aromatic rings. The van der Waals surface area contributed by atoms with E-state index in [2.05, 4.69) is 10.3 Å². The molecule has 0 fully saturated rings. The topological polar surface area (TPSA) is 69.7 Å². The summed E-state index contributed by atoms with van der Waals surface area (Å²) in [7, 11) is 2.98. The molecule has 30 heavy (non-hydrogen) atoms. The molecule has 6 nitrogen and oxygen atoms in total. The predicted molar refractivity (Wildman–Crippen MR) is 106 cm³/mol. The zero-order valence-corrected chi connectivity index (χ0v) is 16.5. The highest BCUT2D eigenvalue weighted by molar-refractivity contribution is 6.06. The molecule has 0 bridgehead atoms. The van der Waals surface area contributed by atoms with Crippen molar-refractivity contribution in [1.29, 1.82) is 0 Å². The van der Waals surface area contributed by atoms with Crippen molar-refractivity contribution in [2.75, 3.05) is 26.1 Å². The van der Waals surface area contributed by atoms with Crippen LogP contribution in [0.15, 0.2) is 42.6 Å². The second kappa shape index (κ2) is 8.48. The SMILES string of the molecule is CCOC(=O)c1cnc2cc(C(F)(F)F)ccc2c1Nc1ccc(OC)c(OC)c1. The monoisotopic (exact) mass is 420 g/mol. The van der Waals surface area contributed by atoms with E-state index in [1.807, 2.05) is 0 Å². The number of aromatic nitrogens is 1. The van der Waals surface area contributed by atoms with Gasteiger partial charge in [-0.3, -0.25) is 4.98 Å². The highest BCUT2D eigenvalue weighted by Crippen LogP contribution is 2.36. The van der Waals surface area contributed by atoms with E-state index in [0.29, 0.717) is 22.6 Å². The van der Waals surface area contributed by atoms with Gasteiger partial charge in [0.25, 0.3) is 0 Å². The predicted octanol–water partition coefficient (Wildman–Crippen LogP) is 5.19. The van der Waals surface area contributed by atoms with Gasteiger partial charge in [-0.15, -0.1) is 0 Å². The highest BCUT2D eigenvalue weighted by Gasteiger charge is 2.31. The first-order chi connectivity index (χ1) is 14.3. The summed E-state index contributed by atoms with van der Waals surface area (Å²) in [6.45, 7) is 1.79. The third kappa shape index (κ3) is 4.24. The fraction of sp³-hybridized carbons (Fsp3) is 0.238. The number of rotatable bonds is 6. The molecule has 0 spiro atoms. The van der Waals surface area contributed by atoms with E-state index in [1.165, 1.54) is 26.5 Å². The van der Waals surface area contributed by atoms with Crippen molar-refractivity contribution in [2.45, 2.75) is 13.1 Å². The summed E-state index contributed by atoms with van der Waals surface area (Å²) in [6.07, 6.45) is -3.31. The van der Waals surface area contributed by atoms with E-state index in [-0.39, 0.29) is 23.4 Å². The lowest BCUT2D eigenvalue weighted by Gasteiger charge is -2.16. The van der Waals surface area contributed by atoms with Gasteiger partial charge in [-0.1, -0.05) is 6.07 Å². The quantitative estimate of drug-likeness (QED) is 0.554. The lowest BCUT2D eigenvalue weighted by molar-refractivity contribution is -0.137. The number of esters is 1. The number of nitrogens with zero attached hydrogens (tertiary/aromatic N) is 1. The maximum atomic E-state index is 13.1. The number of methoxy groups -OCH3 is 2. The Balaban J connectivity index is 2.15. The van der Waals surface area contributed by atoms with Crippen LogP contribution < -0.4 is 14.8 Å². The Morgan fingerprint density at radius 3 is 2.43 bits per heavy atom. The summed E-state index contributed by atoms with van der Waals surface area (Å²) >= 11 is 0. The number of hydrogen-bond acceptors (Lipinski definition) is 6. The molecule has 0 unspecified atom stereocenters. The maximum absolute atomic E-state index is 13.1. The van der Waals surface area contributed by atoms with Crippen LogP contribution >= 0.6 is 0 Å². The molecule has 1 heterocycles. The second-order valence-electron chi connectivity index (χ2n) is 6.19. The summed E-state index contributed by atoms with van der Waals surface area (Å²) in [5.41, 5.74) is 0.160. The van der Waals surface area contributed by atoms with Crippen molar-refractivity contribution in [3.63, 3.8) is 0 Å². The molecule has 0 radical (unpaired) electrons. The zero-order chi connectivity index (χ0) is 21.9. The maximum Gasteiger partial charge on any atom is 0.416 e. The van der Waals surface area contributed by atoms with Gasteiger partial charge >= 0.3 is 12.1 Å². The molecule has 0 saturated carbocycles. The van der Waals surface area contributed by atoms with Crippen molar-refractivity contribution in [2.24, 2.45) is 0 Å². The number of nitrogens with one attached hydrogen (secondary N) is 1. The average molecular weight is 420 g/mol. The molecule has 1 aromatic heterocycles. The number of benzene rings is 2. The first-order valence-corrected chi connectivity index (χ1v) is 8.94. The van der Waals surface area contributed by atoms with Crippen LogP contribution in [0.3, 0.4) is 0 Å². The molecule has 9 heteroatoms. The van der Waals surface area contributed by atoms with Gasteiger partial charge in [0.15, 0.2) is 11.5 Å². The number of alkyl halides is 3. The largest absolute Gasteiger partial charge is 0.493 e. The molecule has 0 amide bonds. The van der Waals surface area contributed by atoms with Crippen LogP contribution in [0, 0.1) is 0 Å². The zero-order valence-electron chi connectivity index (χ0n) is 16.5. The smallest absolute Gasteiger partial charge is 0.416 e. The van der Waals surface area contributed by atoms with Gasteiger partial charge in [0.1, 0.15) is 5.56 Å². The van der Waals surface area contributed by atoms with E-state index >= 15 is 0 Å². The Hall–Kier alpha value is -3.49. The van der Waals surface area contributed by atoms with Crippen LogP contribution in [0.4, 0.5) is 24.5 Å². The number of fused-ring (bicyclic) bond motifs is 1. The van der Waals surface area contributed by atoms with Crippen LogP contribution in [-0.4, -0.2) is 31.8 Å². The standard InChI is InChI=1S/C21H19F3N2O4/c1-4-30-20(27)15-11-25-16-9-12(21(22,23)24)5-7-14(16)19(15)26-13-6-8-17(28-2)18(10-13)29-3/h5-11H,4H2,1-3H3,(H,25,26). The van der Waals surface area contributed by atoms with Gasteiger partial charge in [0, 0.05) is 23.3 Å². The summed E-state index contributed by atoms with van der Waals surface area (Å²) in [5.74, 6) is 0.302. The first kappa shape index (κ1) is 21.2. The number of halogens is 3. The molecule has 158 valence electrons. The molecule has 1 N–H and O–H groups in total. The molecule has 3 rings (SSSR count). The second-order valence-corrected chi connectivity index (χ2v) is 6.19. The van der Waals surface area contributed by atoms with Gasteiger partial charge in [-0.05, 0) is 31.2 Å². The van der Waals surface area contributed by atoms with Gasteiger partial charge in [-0.2, -0.15) is 13.2 Å². The van der Waals surface area contributed by atoms with Crippen LogP contribution in [0.2, 0.25) is 0 Å². The van der Waals surface area contributed by atoms with E-state index in [0.717, 1.165) is 12.1 Å². The van der Waals surface area contributed by atoms with Crippen molar-refractivity contribution >= 4 is 28.2 Å². The number of ether oxygens (including phenoxy) is 3. The van der Waals surface area contributed by atoms with Gasteiger partial charge < -0.3 is 19.5 Å². The minimum Gasteiger partial charge on any atom is -0.493 e. The molecule has 0 atom stereocenters. The van der Waals surface area contributed by atoms with Crippen LogP contribution in [0.5, 0.6) is 11.5 Å². The normalized spacial score (nSPS) is 11.3. The summed E-state index contributed by atoms with van der Waals surface area (Å²) in [6, 6.07) is 8.15. The van der Waals surface area contributed by atoms with E-state index in [9.17, 15) is 18.0 Å². The highest BCUT2D eigenvalue weighted by atomic mass is 19.4. The number of carbonyl (C=O) groups is 1. The number of pyridine rings is 1. The minimum absolute atomic E-state index is 0.0841. The lowest BCUT2D eigenvalue weighted by Crippen LogP contribution is -2.10. The Kier molecular flexibility index (Phi) is 6.00. The third-order valence-electron chi connectivity index (χ3n) is 4.34. The minimum atomic E-state index is -4.51. The fourth-order valence-corrected chi connectivity index (χ4v) is 2.93. The van der Waals surface area contributed by atoms with Crippen LogP contribution in [0.25, 0.3) is 10.9 Å². The van der Waals surface area contributed by atoms with Gasteiger partial charge in [0.2, 0.25) is 0 Å². The Morgan fingerprint density at radius 2 is 1.80 bits per heavy atom. The van der Waals surface area contributed by atoms with E-state index in [1.54, 1.807) is 25.1 Å². The fourth-order valence-electron chi connectivity index (χ4n) is 2.93. The third-order valence-corrected chi connectivity index (χ3v) is 4.34. The number of hydrogen-bond donors (Lipinski definition) is 1. The molecule has 0 aliphatic carbocycles. The van der Waals surface area contributed by atoms with Crippen molar-refractivity contribution in [3.05, 3.63) is 53.7 Å². The van der Waals surface area contributed by atoms with Crippen LogP contribution in [-0.2, 0) is 10.9 Å². The molecule has 2 aromatic carbocycles. The Bertz CT molecular complexity index is 1080. The van der Waals surface area contributed by atoms with Crippen molar-refractivity contribution < 1.29 is 32.2 Å². The summed E-state index contributed by atoms with van der Waals surface area (Å²) in [4.78, 5) is 16.5. The lowest BCUT2D eigenvalue weighted by atomic mass is 10.1. The van der Waals surface area contributed by atoms with E-state index < -0.39 is 17.7 Å². The molecular formula is C21H19F3N2O4. The number of anilines is 2. The van der Waals surface area contributed by atoms with E-state index in [4.69, 9.17) is 14.2 Å². The summed E-state index contributed by atoms with van der Waals surface area (Å²) in [5, 5.41) is 3.42. The summed E-state index contributed by atoms with van der Waals surface area (Å²) < 4.78 is 54.8. The molecule has 0 saturated heterocycles. The Labute approximate surface area is 170 Å². The van der Waals surface area contributed by atoms with Crippen LogP contribution in [0.1, 0.15) is 22.8 Å². The van der Waals surface area contributed by atoms with Gasteiger partial charge in [0.05, 0.1) is 37.6 Å². The van der Waals surface area contributed by atoms with Crippen molar-refractivity contribution in [3.8, 4) is 11.5 Å². The molecular weight excluding hydrogens is 401 g/mol. The van der Waals surface area contributed by atoms with Gasteiger partial charge in [-0.25, -0.2) is 4.79 Å². The van der Waals surface area contributed by atoms with Crippen molar-refractivity contribution in [1.82, 2.24) is 4.98 Å². The average Bonchev–Trinajstić information content (AvgIpc) is 2.72.